The third-order valence-corrected chi connectivity index (χ3v) is 5.52. The number of aromatic nitrogens is 1. The first kappa shape index (κ1) is 18.5. The van der Waals surface area contributed by atoms with Crippen molar-refractivity contribution >= 4 is 23.2 Å². The van der Waals surface area contributed by atoms with Crippen molar-refractivity contribution in [2.24, 2.45) is 0 Å². The number of aliphatic carboxylic acids is 1. The maximum atomic E-state index is 13.8. The van der Waals surface area contributed by atoms with Crippen molar-refractivity contribution in [2.75, 3.05) is 13.7 Å². The molecule has 1 saturated heterocycles. The Labute approximate surface area is 154 Å². The van der Waals surface area contributed by atoms with Gasteiger partial charge in [0.1, 0.15) is 11.5 Å². The molecule has 0 aliphatic carbocycles. The van der Waals surface area contributed by atoms with E-state index in [0.717, 1.165) is 0 Å². The average molecular weight is 378 g/mol. The number of hydrogen-bond acceptors (Lipinski definition) is 5. The van der Waals surface area contributed by atoms with Crippen molar-refractivity contribution in [3.8, 4) is 0 Å². The number of nitrogens with zero attached hydrogens (tertiary/aromatic N) is 2. The number of thiazole rings is 1. The van der Waals surface area contributed by atoms with Crippen LogP contribution in [0.25, 0.3) is 0 Å². The van der Waals surface area contributed by atoms with Crippen molar-refractivity contribution in [1.82, 2.24) is 9.88 Å². The number of benzene rings is 1. The van der Waals surface area contributed by atoms with Crippen LogP contribution in [0.4, 0.5) is 4.39 Å². The van der Waals surface area contributed by atoms with Gasteiger partial charge in [0.25, 0.3) is 5.91 Å². The number of halogens is 1. The first-order valence-electron chi connectivity index (χ1n) is 8.15. The molecule has 0 bridgehead atoms. The zero-order valence-electron chi connectivity index (χ0n) is 14.4. The van der Waals surface area contributed by atoms with Crippen molar-refractivity contribution in [3.63, 3.8) is 0 Å². The fourth-order valence-corrected chi connectivity index (χ4v) is 3.98. The molecule has 2 heterocycles. The third kappa shape index (κ3) is 3.10. The first-order chi connectivity index (χ1) is 12.4. The number of methoxy groups -OCH3 is 1. The summed E-state index contributed by atoms with van der Waals surface area (Å²) in [5, 5.41) is 12.4. The van der Waals surface area contributed by atoms with Gasteiger partial charge >= 0.3 is 5.97 Å². The summed E-state index contributed by atoms with van der Waals surface area (Å²) >= 11 is 1.31. The molecule has 2 aromatic rings. The third-order valence-electron chi connectivity index (χ3n) is 4.75. The second-order valence-electron chi connectivity index (χ2n) is 6.24. The maximum absolute atomic E-state index is 13.8. The summed E-state index contributed by atoms with van der Waals surface area (Å²) in [5.74, 6) is -2.24. The monoisotopic (exact) mass is 378 g/mol. The standard InChI is InChI=1S/C18H19FN2O4S/c1-11-20-15(10-26-11)16(22)21-9-14(25-2)6-7-18(21,17(23)24)12-4-3-5-13(19)8-12/h3-5,8,10,14H,6-7,9H2,1-2H3,(H,23,24). The van der Waals surface area contributed by atoms with Crippen LogP contribution in [-0.2, 0) is 15.1 Å². The lowest BCUT2D eigenvalue weighted by atomic mass is 9.79. The molecular weight excluding hydrogens is 359 g/mol. The summed E-state index contributed by atoms with van der Waals surface area (Å²) in [6.45, 7) is 1.86. The number of carboxylic acids is 1. The Morgan fingerprint density at radius 2 is 2.23 bits per heavy atom. The number of ether oxygens (including phenoxy) is 1. The molecule has 1 aromatic carbocycles. The van der Waals surface area contributed by atoms with Crippen LogP contribution in [0.5, 0.6) is 0 Å². The average Bonchev–Trinajstić information content (AvgIpc) is 3.06. The van der Waals surface area contributed by atoms with Crippen LogP contribution in [0.15, 0.2) is 29.6 Å². The van der Waals surface area contributed by atoms with Gasteiger partial charge in [-0.1, -0.05) is 12.1 Å². The molecular formula is C18H19FN2O4S. The molecule has 2 unspecified atom stereocenters. The molecule has 1 amide bonds. The molecule has 0 saturated carbocycles. The number of carbonyl (C=O) groups is 2. The minimum absolute atomic E-state index is 0.0920. The highest BCUT2D eigenvalue weighted by Gasteiger charge is 2.52. The molecule has 26 heavy (non-hydrogen) atoms. The SMILES string of the molecule is COC1CCC(C(=O)O)(c2cccc(F)c2)N(C(=O)c2csc(C)n2)C1. The molecule has 1 aliphatic heterocycles. The van der Waals surface area contributed by atoms with Gasteiger partial charge in [-0.2, -0.15) is 0 Å². The number of aryl methyl sites for hydroxylation is 1. The number of piperidine rings is 1. The largest absolute Gasteiger partial charge is 0.479 e. The second kappa shape index (κ2) is 7.13. The van der Waals surface area contributed by atoms with Crippen LogP contribution in [-0.4, -0.2) is 46.6 Å². The molecule has 1 fully saturated rings. The van der Waals surface area contributed by atoms with Crippen molar-refractivity contribution < 1.29 is 23.8 Å². The van der Waals surface area contributed by atoms with Crippen molar-refractivity contribution in [2.45, 2.75) is 31.4 Å². The van der Waals surface area contributed by atoms with Gasteiger partial charge in [-0.15, -0.1) is 11.3 Å². The first-order valence-corrected chi connectivity index (χ1v) is 9.03. The molecule has 8 heteroatoms. The Hall–Kier alpha value is -2.32. The minimum atomic E-state index is -1.66. The molecule has 3 rings (SSSR count). The summed E-state index contributed by atoms with van der Waals surface area (Å²) in [6, 6.07) is 5.41. The van der Waals surface area contributed by atoms with Crippen LogP contribution in [0.2, 0.25) is 0 Å². The second-order valence-corrected chi connectivity index (χ2v) is 7.30. The van der Waals surface area contributed by atoms with E-state index in [4.69, 9.17) is 4.74 Å². The molecule has 138 valence electrons. The Morgan fingerprint density at radius 1 is 1.46 bits per heavy atom. The fraction of sp³-hybridized carbons (Fsp3) is 0.389. The van der Waals surface area contributed by atoms with E-state index in [-0.39, 0.29) is 30.3 Å². The normalized spacial score (nSPS) is 23.0. The van der Waals surface area contributed by atoms with E-state index >= 15 is 0 Å². The van der Waals surface area contributed by atoms with Gasteiger partial charge in [0, 0.05) is 19.0 Å². The van der Waals surface area contributed by atoms with Crippen LogP contribution < -0.4 is 0 Å². The lowest BCUT2D eigenvalue weighted by Crippen LogP contribution is -2.60. The summed E-state index contributed by atoms with van der Waals surface area (Å²) in [6.07, 6.45) is 0.276. The summed E-state index contributed by atoms with van der Waals surface area (Å²) in [7, 11) is 1.52. The van der Waals surface area contributed by atoms with E-state index in [1.807, 2.05) is 0 Å². The fourth-order valence-electron chi connectivity index (χ4n) is 3.40. The highest BCUT2D eigenvalue weighted by atomic mass is 32.1. The molecule has 1 N–H and O–H groups in total. The van der Waals surface area contributed by atoms with Crippen LogP contribution in [0.3, 0.4) is 0 Å². The van der Waals surface area contributed by atoms with E-state index in [1.54, 1.807) is 12.3 Å². The van der Waals surface area contributed by atoms with Gasteiger partial charge in [0.15, 0.2) is 5.54 Å². The van der Waals surface area contributed by atoms with Crippen molar-refractivity contribution in [1.29, 1.82) is 0 Å². The lowest BCUT2D eigenvalue weighted by Gasteiger charge is -2.46. The van der Waals surface area contributed by atoms with Crippen LogP contribution in [0, 0.1) is 12.7 Å². The predicted octanol–water partition coefficient (Wildman–Crippen LogP) is 2.82. The molecule has 1 aromatic heterocycles. The minimum Gasteiger partial charge on any atom is -0.479 e. The van der Waals surface area contributed by atoms with E-state index in [2.05, 4.69) is 4.98 Å². The summed E-state index contributed by atoms with van der Waals surface area (Å²) in [4.78, 5) is 30.9. The van der Waals surface area contributed by atoms with Crippen LogP contribution in [0.1, 0.15) is 33.9 Å². The van der Waals surface area contributed by atoms with Gasteiger partial charge in [0.05, 0.1) is 11.1 Å². The van der Waals surface area contributed by atoms with E-state index in [9.17, 15) is 19.1 Å². The van der Waals surface area contributed by atoms with E-state index < -0.39 is 23.2 Å². The molecule has 6 nitrogen and oxygen atoms in total. The highest BCUT2D eigenvalue weighted by molar-refractivity contribution is 7.09. The van der Waals surface area contributed by atoms with Gasteiger partial charge in [-0.05, 0) is 37.5 Å². The lowest BCUT2D eigenvalue weighted by molar-refractivity contribution is -0.156. The van der Waals surface area contributed by atoms with Crippen LogP contribution >= 0.6 is 11.3 Å². The molecule has 2 atom stereocenters. The number of rotatable bonds is 4. The van der Waals surface area contributed by atoms with Gasteiger partial charge in [-0.3, -0.25) is 4.79 Å². The van der Waals surface area contributed by atoms with Gasteiger partial charge in [0.2, 0.25) is 0 Å². The Kier molecular flexibility index (Phi) is 5.06. The Bertz CT molecular complexity index is 840. The molecule has 1 aliphatic rings. The smallest absolute Gasteiger partial charge is 0.334 e. The number of amides is 1. The van der Waals surface area contributed by atoms with Crippen molar-refractivity contribution in [3.05, 3.63) is 51.7 Å². The topological polar surface area (TPSA) is 79.7 Å². The van der Waals surface area contributed by atoms with Gasteiger partial charge < -0.3 is 14.7 Å². The summed E-state index contributed by atoms with van der Waals surface area (Å²) < 4.78 is 19.2. The Balaban J connectivity index is 2.12. The molecule has 0 radical (unpaired) electrons. The number of carboxylic acid groups (broad SMARTS) is 1. The number of likely N-dealkylation sites (tertiary alicyclic amines) is 1. The van der Waals surface area contributed by atoms with Gasteiger partial charge in [-0.25, -0.2) is 14.2 Å². The quantitative estimate of drug-likeness (QED) is 0.885. The van der Waals surface area contributed by atoms with E-state index in [1.165, 1.54) is 47.6 Å². The Morgan fingerprint density at radius 3 is 2.81 bits per heavy atom. The zero-order valence-corrected chi connectivity index (χ0v) is 15.3. The number of hydrogen-bond donors (Lipinski definition) is 1. The molecule has 0 spiro atoms. The zero-order chi connectivity index (χ0) is 18.9. The maximum Gasteiger partial charge on any atom is 0.334 e. The van der Waals surface area contributed by atoms with E-state index in [0.29, 0.717) is 11.4 Å². The summed E-state index contributed by atoms with van der Waals surface area (Å²) in [5.41, 5.74) is -1.24. The number of carbonyl (C=O) groups excluding carboxylic acids is 1. The predicted molar refractivity (Wildman–Crippen MR) is 93.6 cm³/mol. The highest BCUT2D eigenvalue weighted by Crippen LogP contribution is 2.40.